The van der Waals surface area contributed by atoms with Crippen molar-refractivity contribution in [1.82, 2.24) is 4.90 Å². The Hall–Kier alpha value is -1.35. The second-order valence-corrected chi connectivity index (χ2v) is 6.31. The standard InChI is InChI=1S/C17H24N2O/c1-19(17(20)16-8-4-7-14(16)11-18)15-9-12-5-2-3-6-13(12)10-15/h2-3,5-6,14-16H,4,7-11,18H2,1H3/t14-,16-/m1/s1. The van der Waals surface area contributed by atoms with Gasteiger partial charge in [0.15, 0.2) is 0 Å². The average molecular weight is 272 g/mol. The lowest BCUT2D eigenvalue weighted by molar-refractivity contribution is -0.137. The number of rotatable bonds is 3. The Kier molecular flexibility index (Phi) is 3.79. The van der Waals surface area contributed by atoms with Gasteiger partial charge in [0.25, 0.3) is 0 Å². The van der Waals surface area contributed by atoms with Crippen LogP contribution in [0.5, 0.6) is 0 Å². The third-order valence-corrected chi connectivity index (χ3v) is 5.20. The van der Waals surface area contributed by atoms with E-state index in [-0.39, 0.29) is 5.92 Å². The minimum absolute atomic E-state index is 0.161. The predicted octanol–water partition coefficient (Wildman–Crippen LogP) is 1.99. The molecule has 0 bridgehead atoms. The fourth-order valence-electron chi connectivity index (χ4n) is 3.90. The van der Waals surface area contributed by atoms with Crippen LogP contribution in [0.25, 0.3) is 0 Å². The minimum atomic E-state index is 0.161. The fraction of sp³-hybridized carbons (Fsp3) is 0.588. The molecule has 2 atom stereocenters. The van der Waals surface area contributed by atoms with Crippen LogP contribution >= 0.6 is 0 Å². The fourth-order valence-corrected chi connectivity index (χ4v) is 3.90. The number of nitrogens with two attached hydrogens (primary N) is 1. The molecule has 3 rings (SSSR count). The van der Waals surface area contributed by atoms with E-state index in [1.54, 1.807) is 0 Å². The maximum atomic E-state index is 12.7. The first-order valence-electron chi connectivity index (χ1n) is 7.74. The molecule has 1 aromatic rings. The molecule has 3 nitrogen and oxygen atoms in total. The van der Waals surface area contributed by atoms with Crippen molar-refractivity contribution in [3.8, 4) is 0 Å². The van der Waals surface area contributed by atoms with E-state index in [2.05, 4.69) is 24.3 Å². The van der Waals surface area contributed by atoms with E-state index >= 15 is 0 Å². The molecule has 108 valence electrons. The molecular weight excluding hydrogens is 248 g/mol. The summed E-state index contributed by atoms with van der Waals surface area (Å²) in [5, 5.41) is 0. The second kappa shape index (κ2) is 5.57. The molecule has 1 amide bonds. The van der Waals surface area contributed by atoms with E-state index in [0.29, 0.717) is 24.4 Å². The van der Waals surface area contributed by atoms with E-state index in [1.807, 2.05) is 11.9 Å². The van der Waals surface area contributed by atoms with Crippen LogP contribution in [0.15, 0.2) is 24.3 Å². The quantitative estimate of drug-likeness (QED) is 0.914. The van der Waals surface area contributed by atoms with Gasteiger partial charge in [-0.25, -0.2) is 0 Å². The van der Waals surface area contributed by atoms with E-state index < -0.39 is 0 Å². The van der Waals surface area contributed by atoms with E-state index in [1.165, 1.54) is 11.1 Å². The summed E-state index contributed by atoms with van der Waals surface area (Å²) >= 11 is 0. The Bertz CT molecular complexity index is 475. The van der Waals surface area contributed by atoms with Crippen molar-refractivity contribution in [1.29, 1.82) is 0 Å². The van der Waals surface area contributed by atoms with Crippen molar-refractivity contribution in [3.63, 3.8) is 0 Å². The highest BCUT2D eigenvalue weighted by atomic mass is 16.2. The number of carbonyl (C=O) groups is 1. The molecule has 0 aromatic heterocycles. The van der Waals surface area contributed by atoms with Gasteiger partial charge >= 0.3 is 0 Å². The van der Waals surface area contributed by atoms with Crippen molar-refractivity contribution >= 4 is 5.91 Å². The number of amides is 1. The Morgan fingerprint density at radius 3 is 2.50 bits per heavy atom. The van der Waals surface area contributed by atoms with Gasteiger partial charge in [-0.3, -0.25) is 4.79 Å². The SMILES string of the molecule is CN(C(=O)[C@@H]1CCC[C@@H]1CN)C1Cc2ccccc2C1. The number of benzene rings is 1. The monoisotopic (exact) mass is 272 g/mol. The van der Waals surface area contributed by atoms with Crippen LogP contribution in [-0.4, -0.2) is 30.4 Å². The number of fused-ring (bicyclic) bond motifs is 1. The first-order valence-corrected chi connectivity index (χ1v) is 7.74. The lowest BCUT2D eigenvalue weighted by Gasteiger charge is -2.29. The van der Waals surface area contributed by atoms with Crippen molar-refractivity contribution in [3.05, 3.63) is 35.4 Å². The number of likely N-dealkylation sites (N-methyl/N-ethyl adjacent to an activating group) is 1. The van der Waals surface area contributed by atoms with Gasteiger partial charge in [-0.15, -0.1) is 0 Å². The van der Waals surface area contributed by atoms with Gasteiger partial charge in [0.2, 0.25) is 5.91 Å². The third-order valence-electron chi connectivity index (χ3n) is 5.20. The van der Waals surface area contributed by atoms with Gasteiger partial charge in [-0.1, -0.05) is 30.7 Å². The van der Waals surface area contributed by atoms with Crippen molar-refractivity contribution < 1.29 is 4.79 Å². The number of hydrogen-bond donors (Lipinski definition) is 1. The highest BCUT2D eigenvalue weighted by molar-refractivity contribution is 5.79. The number of nitrogens with zero attached hydrogens (tertiary/aromatic N) is 1. The molecule has 3 heteroatoms. The molecule has 2 aliphatic carbocycles. The van der Waals surface area contributed by atoms with Gasteiger partial charge in [0.05, 0.1) is 0 Å². The normalized spacial score (nSPS) is 25.7. The van der Waals surface area contributed by atoms with Crippen LogP contribution in [0, 0.1) is 11.8 Å². The van der Waals surface area contributed by atoms with Gasteiger partial charge in [0.1, 0.15) is 0 Å². The maximum absolute atomic E-state index is 12.7. The summed E-state index contributed by atoms with van der Waals surface area (Å²) in [7, 11) is 1.98. The van der Waals surface area contributed by atoms with Crippen molar-refractivity contribution in [2.24, 2.45) is 17.6 Å². The summed E-state index contributed by atoms with van der Waals surface area (Å²) in [6, 6.07) is 8.88. The maximum Gasteiger partial charge on any atom is 0.226 e. The zero-order valence-corrected chi connectivity index (χ0v) is 12.2. The zero-order valence-electron chi connectivity index (χ0n) is 12.2. The zero-order chi connectivity index (χ0) is 14.1. The highest BCUT2D eigenvalue weighted by Gasteiger charge is 2.36. The predicted molar refractivity (Wildman–Crippen MR) is 80.3 cm³/mol. The summed E-state index contributed by atoms with van der Waals surface area (Å²) < 4.78 is 0. The summed E-state index contributed by atoms with van der Waals surface area (Å²) in [5.74, 6) is 0.873. The molecule has 1 aromatic carbocycles. The molecule has 0 heterocycles. The molecular formula is C17H24N2O. The summed E-state index contributed by atoms with van der Waals surface area (Å²) in [6.45, 7) is 0.648. The largest absolute Gasteiger partial charge is 0.342 e. The van der Waals surface area contributed by atoms with E-state index in [4.69, 9.17) is 5.73 Å². The van der Waals surface area contributed by atoms with Crippen LogP contribution in [0.1, 0.15) is 30.4 Å². The first kappa shape index (κ1) is 13.6. The van der Waals surface area contributed by atoms with Crippen molar-refractivity contribution in [2.75, 3.05) is 13.6 Å². The lowest BCUT2D eigenvalue weighted by Crippen LogP contribution is -2.43. The van der Waals surface area contributed by atoms with Crippen LogP contribution in [-0.2, 0) is 17.6 Å². The average Bonchev–Trinajstić information content (AvgIpc) is 3.11. The van der Waals surface area contributed by atoms with Gasteiger partial charge < -0.3 is 10.6 Å². The van der Waals surface area contributed by atoms with Crippen LogP contribution < -0.4 is 5.73 Å². The molecule has 0 spiro atoms. The van der Waals surface area contributed by atoms with Gasteiger partial charge in [0, 0.05) is 19.0 Å². The Labute approximate surface area is 121 Å². The summed E-state index contributed by atoms with van der Waals surface area (Å²) in [4.78, 5) is 14.7. The Morgan fingerprint density at radius 1 is 1.25 bits per heavy atom. The Balaban J connectivity index is 1.68. The van der Waals surface area contributed by atoms with Gasteiger partial charge in [-0.05, 0) is 49.3 Å². The molecule has 0 radical (unpaired) electrons. The Morgan fingerprint density at radius 2 is 1.90 bits per heavy atom. The molecule has 1 saturated carbocycles. The second-order valence-electron chi connectivity index (χ2n) is 6.31. The van der Waals surface area contributed by atoms with Crippen LogP contribution in [0.4, 0.5) is 0 Å². The number of hydrogen-bond acceptors (Lipinski definition) is 2. The first-order chi connectivity index (χ1) is 9.70. The molecule has 0 saturated heterocycles. The number of carbonyl (C=O) groups excluding carboxylic acids is 1. The highest BCUT2D eigenvalue weighted by Crippen LogP contribution is 2.34. The van der Waals surface area contributed by atoms with Gasteiger partial charge in [-0.2, -0.15) is 0 Å². The molecule has 2 aliphatic rings. The smallest absolute Gasteiger partial charge is 0.226 e. The molecule has 0 aliphatic heterocycles. The molecule has 0 unspecified atom stereocenters. The third kappa shape index (κ3) is 2.35. The molecule has 2 N–H and O–H groups in total. The van der Waals surface area contributed by atoms with E-state index in [0.717, 1.165) is 32.1 Å². The van der Waals surface area contributed by atoms with Crippen LogP contribution in [0.2, 0.25) is 0 Å². The topological polar surface area (TPSA) is 46.3 Å². The molecule has 1 fully saturated rings. The summed E-state index contributed by atoms with van der Waals surface area (Å²) in [5.41, 5.74) is 8.62. The molecule has 20 heavy (non-hydrogen) atoms. The van der Waals surface area contributed by atoms with Crippen molar-refractivity contribution in [2.45, 2.75) is 38.1 Å². The minimum Gasteiger partial charge on any atom is -0.342 e. The lowest BCUT2D eigenvalue weighted by atomic mass is 9.94. The van der Waals surface area contributed by atoms with Crippen LogP contribution in [0.3, 0.4) is 0 Å². The summed E-state index contributed by atoms with van der Waals surface area (Å²) in [6.07, 6.45) is 5.28. The van der Waals surface area contributed by atoms with E-state index in [9.17, 15) is 4.79 Å².